The summed E-state index contributed by atoms with van der Waals surface area (Å²) in [7, 11) is 3.86. The van der Waals surface area contributed by atoms with Crippen LogP contribution in [0.15, 0.2) is 54.6 Å². The van der Waals surface area contributed by atoms with Gasteiger partial charge < -0.3 is 14.6 Å². The minimum absolute atomic E-state index is 0.221. The van der Waals surface area contributed by atoms with E-state index in [0.29, 0.717) is 25.4 Å². The molecular formula is C23H32N2O4. The van der Waals surface area contributed by atoms with Gasteiger partial charge in [-0.3, -0.25) is 14.6 Å². The van der Waals surface area contributed by atoms with E-state index in [2.05, 4.69) is 17.0 Å². The van der Waals surface area contributed by atoms with Crippen LogP contribution < -0.4 is 4.74 Å². The number of benzene rings is 2. The summed E-state index contributed by atoms with van der Waals surface area (Å²) in [6, 6.07) is 17.9. The standard InChI is InChI=1S/C23H32N2O4/c1-4-28-23(27)17-25(3)15-20-10-12-22(13-11-20)29-18-21(26)16-24(2)14-19-8-6-5-7-9-19/h5-13,21,26H,4,14-18H2,1-3H3/t21-/m0/s1. The predicted molar refractivity (Wildman–Crippen MR) is 114 cm³/mol. The SMILES string of the molecule is CCOC(=O)CN(C)Cc1ccc(OC[C@@H](O)CN(C)Cc2ccccc2)cc1. The molecule has 1 atom stereocenters. The number of hydrogen-bond donors (Lipinski definition) is 1. The number of carbonyl (C=O) groups is 1. The van der Waals surface area contributed by atoms with Crippen molar-refractivity contribution in [2.45, 2.75) is 26.1 Å². The second-order valence-corrected chi connectivity index (χ2v) is 7.27. The third kappa shape index (κ3) is 9.09. The molecule has 0 bridgehead atoms. The second-order valence-electron chi connectivity index (χ2n) is 7.27. The first-order valence-corrected chi connectivity index (χ1v) is 9.92. The van der Waals surface area contributed by atoms with Gasteiger partial charge in [-0.2, -0.15) is 0 Å². The zero-order valence-electron chi connectivity index (χ0n) is 17.6. The number of esters is 1. The van der Waals surface area contributed by atoms with Crippen molar-refractivity contribution in [2.24, 2.45) is 0 Å². The molecule has 0 heterocycles. The third-order valence-corrected chi connectivity index (χ3v) is 4.34. The molecule has 0 aliphatic heterocycles. The molecule has 2 aromatic carbocycles. The van der Waals surface area contributed by atoms with Crippen LogP contribution in [0.1, 0.15) is 18.1 Å². The van der Waals surface area contributed by atoms with E-state index < -0.39 is 6.10 Å². The Hall–Kier alpha value is -2.41. The Balaban J connectivity index is 1.71. The molecule has 0 fully saturated rings. The topological polar surface area (TPSA) is 62.2 Å². The molecule has 2 aromatic rings. The molecule has 1 N–H and O–H groups in total. The number of ether oxygens (including phenoxy) is 2. The van der Waals surface area contributed by atoms with Gasteiger partial charge in [-0.15, -0.1) is 0 Å². The van der Waals surface area contributed by atoms with Gasteiger partial charge in [0, 0.05) is 19.6 Å². The number of nitrogens with zero attached hydrogens (tertiary/aromatic N) is 2. The van der Waals surface area contributed by atoms with Crippen molar-refractivity contribution >= 4 is 5.97 Å². The number of likely N-dealkylation sites (N-methyl/N-ethyl adjacent to an activating group) is 2. The van der Waals surface area contributed by atoms with Gasteiger partial charge in [-0.25, -0.2) is 0 Å². The molecule has 2 rings (SSSR count). The lowest BCUT2D eigenvalue weighted by molar-refractivity contribution is -0.144. The molecular weight excluding hydrogens is 368 g/mol. The molecule has 0 spiro atoms. The van der Waals surface area contributed by atoms with Gasteiger partial charge in [-0.1, -0.05) is 42.5 Å². The van der Waals surface area contributed by atoms with Crippen LogP contribution in [-0.2, 0) is 22.6 Å². The molecule has 0 saturated carbocycles. The molecule has 0 aliphatic rings. The first kappa shape index (κ1) is 22.9. The van der Waals surface area contributed by atoms with Gasteiger partial charge >= 0.3 is 5.97 Å². The van der Waals surface area contributed by atoms with E-state index in [1.807, 2.05) is 61.5 Å². The lowest BCUT2D eigenvalue weighted by Crippen LogP contribution is -2.32. The highest BCUT2D eigenvalue weighted by atomic mass is 16.5. The zero-order valence-corrected chi connectivity index (χ0v) is 17.6. The Labute approximate surface area is 173 Å². The van der Waals surface area contributed by atoms with Crippen LogP contribution in [-0.4, -0.2) is 67.4 Å². The van der Waals surface area contributed by atoms with Gasteiger partial charge in [0.15, 0.2) is 0 Å². The Morgan fingerprint density at radius 3 is 2.24 bits per heavy atom. The van der Waals surface area contributed by atoms with Gasteiger partial charge in [-0.05, 0) is 44.3 Å². The molecule has 29 heavy (non-hydrogen) atoms. The fraction of sp³-hybridized carbons (Fsp3) is 0.435. The smallest absolute Gasteiger partial charge is 0.320 e. The predicted octanol–water partition coefficient (Wildman–Crippen LogP) is 2.55. The van der Waals surface area contributed by atoms with Crippen molar-refractivity contribution in [3.63, 3.8) is 0 Å². The van der Waals surface area contributed by atoms with Crippen LogP contribution >= 0.6 is 0 Å². The minimum Gasteiger partial charge on any atom is -0.491 e. The normalized spacial score (nSPS) is 12.2. The van der Waals surface area contributed by atoms with Crippen molar-refractivity contribution in [3.05, 3.63) is 65.7 Å². The summed E-state index contributed by atoms with van der Waals surface area (Å²) < 4.78 is 10.7. The maximum Gasteiger partial charge on any atom is 0.320 e. The number of carbonyl (C=O) groups excluding carboxylic acids is 1. The molecule has 0 saturated heterocycles. The molecule has 158 valence electrons. The minimum atomic E-state index is -0.570. The molecule has 6 nitrogen and oxygen atoms in total. The summed E-state index contributed by atoms with van der Waals surface area (Å²) >= 11 is 0. The summed E-state index contributed by atoms with van der Waals surface area (Å²) in [5, 5.41) is 10.2. The van der Waals surface area contributed by atoms with E-state index >= 15 is 0 Å². The first-order chi connectivity index (χ1) is 14.0. The Morgan fingerprint density at radius 1 is 0.966 bits per heavy atom. The van der Waals surface area contributed by atoms with Gasteiger partial charge in [0.05, 0.1) is 13.2 Å². The summed E-state index contributed by atoms with van der Waals surface area (Å²) in [6.07, 6.45) is -0.570. The van der Waals surface area contributed by atoms with Crippen LogP contribution in [0.4, 0.5) is 0 Å². The number of aliphatic hydroxyl groups is 1. The van der Waals surface area contributed by atoms with E-state index in [1.165, 1.54) is 5.56 Å². The van der Waals surface area contributed by atoms with Gasteiger partial charge in [0.2, 0.25) is 0 Å². The van der Waals surface area contributed by atoms with Crippen molar-refractivity contribution in [3.8, 4) is 5.75 Å². The Kier molecular flexibility index (Phi) is 9.64. The average Bonchev–Trinajstić information content (AvgIpc) is 2.68. The fourth-order valence-electron chi connectivity index (χ4n) is 3.05. The quantitative estimate of drug-likeness (QED) is 0.553. The zero-order chi connectivity index (χ0) is 21.1. The van der Waals surface area contributed by atoms with Crippen molar-refractivity contribution in [2.75, 3.05) is 40.4 Å². The molecule has 0 unspecified atom stereocenters. The number of hydrogen-bond acceptors (Lipinski definition) is 6. The lowest BCUT2D eigenvalue weighted by atomic mass is 10.2. The second kappa shape index (κ2) is 12.2. The lowest BCUT2D eigenvalue weighted by Gasteiger charge is -2.21. The van der Waals surface area contributed by atoms with Crippen LogP contribution in [0.2, 0.25) is 0 Å². The largest absolute Gasteiger partial charge is 0.491 e. The first-order valence-electron chi connectivity index (χ1n) is 9.92. The third-order valence-electron chi connectivity index (χ3n) is 4.34. The van der Waals surface area contributed by atoms with E-state index in [4.69, 9.17) is 9.47 Å². The molecule has 6 heteroatoms. The molecule has 0 radical (unpaired) electrons. The van der Waals surface area contributed by atoms with E-state index in [0.717, 1.165) is 12.1 Å². The van der Waals surface area contributed by atoms with E-state index in [-0.39, 0.29) is 19.1 Å². The average molecular weight is 401 g/mol. The summed E-state index contributed by atoms with van der Waals surface area (Å²) in [4.78, 5) is 15.5. The summed E-state index contributed by atoms with van der Waals surface area (Å²) in [5.41, 5.74) is 2.29. The Morgan fingerprint density at radius 2 is 1.59 bits per heavy atom. The maximum atomic E-state index is 11.5. The van der Waals surface area contributed by atoms with Crippen molar-refractivity contribution in [1.82, 2.24) is 9.80 Å². The van der Waals surface area contributed by atoms with E-state index in [9.17, 15) is 9.90 Å². The summed E-state index contributed by atoms with van der Waals surface area (Å²) in [5.74, 6) is 0.493. The van der Waals surface area contributed by atoms with Crippen LogP contribution in [0.3, 0.4) is 0 Å². The van der Waals surface area contributed by atoms with Crippen LogP contribution in [0.5, 0.6) is 5.75 Å². The Bertz CT molecular complexity index is 721. The maximum absolute atomic E-state index is 11.5. The van der Waals surface area contributed by atoms with Gasteiger partial charge in [0.1, 0.15) is 18.5 Å². The number of rotatable bonds is 12. The highest BCUT2D eigenvalue weighted by molar-refractivity contribution is 5.71. The summed E-state index contributed by atoms with van der Waals surface area (Å²) in [6.45, 7) is 4.65. The highest BCUT2D eigenvalue weighted by Gasteiger charge is 2.11. The van der Waals surface area contributed by atoms with Crippen LogP contribution in [0, 0.1) is 0 Å². The van der Waals surface area contributed by atoms with Crippen LogP contribution in [0.25, 0.3) is 0 Å². The van der Waals surface area contributed by atoms with E-state index in [1.54, 1.807) is 6.92 Å². The monoisotopic (exact) mass is 400 g/mol. The highest BCUT2D eigenvalue weighted by Crippen LogP contribution is 2.14. The van der Waals surface area contributed by atoms with Gasteiger partial charge in [0.25, 0.3) is 0 Å². The van der Waals surface area contributed by atoms with Crippen molar-refractivity contribution < 1.29 is 19.4 Å². The van der Waals surface area contributed by atoms with Crippen molar-refractivity contribution in [1.29, 1.82) is 0 Å². The molecule has 0 amide bonds. The molecule has 0 aromatic heterocycles. The fourth-order valence-corrected chi connectivity index (χ4v) is 3.05. The molecule has 0 aliphatic carbocycles. The number of aliphatic hydroxyl groups excluding tert-OH is 1.